The van der Waals surface area contributed by atoms with Crippen molar-refractivity contribution in [1.82, 2.24) is 0 Å². The van der Waals surface area contributed by atoms with Gasteiger partial charge in [-0.2, -0.15) is 22.0 Å². The maximum atomic E-state index is 12.7. The third-order valence-electron chi connectivity index (χ3n) is 2.74. The van der Waals surface area contributed by atoms with Crippen LogP contribution < -0.4 is 4.74 Å². The molecule has 117 valence electrons. The van der Waals surface area contributed by atoms with Crippen LogP contribution in [0.15, 0.2) is 24.3 Å². The van der Waals surface area contributed by atoms with Gasteiger partial charge in [0.15, 0.2) is 6.29 Å². The molecule has 7 heteroatoms. The van der Waals surface area contributed by atoms with Crippen molar-refractivity contribution in [3.8, 4) is 5.75 Å². The van der Waals surface area contributed by atoms with Gasteiger partial charge < -0.3 is 4.74 Å². The number of halogens is 5. The van der Waals surface area contributed by atoms with Gasteiger partial charge in [-0.05, 0) is 37.0 Å². The van der Waals surface area contributed by atoms with E-state index in [1.807, 2.05) is 0 Å². The Morgan fingerprint density at radius 2 is 1.57 bits per heavy atom. The first kappa shape index (κ1) is 17.4. The van der Waals surface area contributed by atoms with Crippen LogP contribution in [-0.4, -0.2) is 18.6 Å². The fraction of sp³-hybridized carbons (Fsp3) is 0.500. The van der Waals surface area contributed by atoms with E-state index >= 15 is 0 Å². The van der Waals surface area contributed by atoms with E-state index in [-0.39, 0.29) is 0 Å². The number of benzene rings is 1. The Hall–Kier alpha value is -1.66. The van der Waals surface area contributed by atoms with E-state index in [1.165, 1.54) is 12.1 Å². The molecule has 0 aromatic heterocycles. The number of rotatable bonds is 8. The summed E-state index contributed by atoms with van der Waals surface area (Å²) in [5.41, 5.74) is 0.799. The Labute approximate surface area is 118 Å². The van der Waals surface area contributed by atoms with Crippen molar-refractivity contribution in [3.05, 3.63) is 29.8 Å². The summed E-state index contributed by atoms with van der Waals surface area (Å²) in [6, 6.07) is 5.03. The van der Waals surface area contributed by atoms with Crippen LogP contribution in [0.3, 0.4) is 0 Å². The first-order chi connectivity index (χ1) is 9.76. The molecule has 2 nitrogen and oxygen atoms in total. The van der Waals surface area contributed by atoms with E-state index in [2.05, 4.69) is 4.74 Å². The van der Waals surface area contributed by atoms with Crippen LogP contribution in [0, 0.1) is 0 Å². The highest BCUT2D eigenvalue weighted by molar-refractivity contribution is 5.50. The molecule has 1 aromatic rings. The fourth-order valence-electron chi connectivity index (χ4n) is 1.63. The smallest absolute Gasteiger partial charge is 0.426 e. The Balaban J connectivity index is 2.49. The van der Waals surface area contributed by atoms with E-state index < -0.39 is 18.0 Å². The van der Waals surface area contributed by atoms with Gasteiger partial charge in [-0.15, -0.1) is 0 Å². The monoisotopic (exact) mass is 309 g/mol. The normalized spacial score (nSPS) is 12.2. The third kappa shape index (κ3) is 5.69. The molecule has 0 N–H and O–H groups in total. The second kappa shape index (κ2) is 7.38. The second-order valence-corrected chi connectivity index (χ2v) is 4.47. The Morgan fingerprint density at radius 3 is 2.10 bits per heavy atom. The van der Waals surface area contributed by atoms with Crippen LogP contribution >= 0.6 is 0 Å². The first-order valence-corrected chi connectivity index (χ1v) is 6.34. The predicted octanol–water partition coefficient (Wildman–Crippen LogP) is 4.43. The van der Waals surface area contributed by atoms with E-state index in [0.717, 1.165) is 37.0 Å². The van der Waals surface area contributed by atoms with Crippen LogP contribution in [0.25, 0.3) is 0 Å². The van der Waals surface area contributed by atoms with Crippen molar-refractivity contribution in [1.29, 1.82) is 0 Å². The second-order valence-electron chi connectivity index (χ2n) is 4.47. The van der Waals surface area contributed by atoms with Crippen molar-refractivity contribution in [2.45, 2.75) is 44.4 Å². The standard InChI is InChI=1S/C14H14F5O2/c15-13(16,17)14(18,19)21-12-8-6-11(7-9-12)5-3-1-2-4-10-20/h6-9H,1-5H2. The van der Waals surface area contributed by atoms with Gasteiger partial charge >= 0.3 is 12.3 Å². The van der Waals surface area contributed by atoms with Crippen LogP contribution in [0.5, 0.6) is 5.75 Å². The molecule has 0 aliphatic heterocycles. The van der Waals surface area contributed by atoms with Crippen molar-refractivity contribution in [2.24, 2.45) is 0 Å². The summed E-state index contributed by atoms with van der Waals surface area (Å²) in [6.07, 6.45) is -5.82. The molecule has 0 aliphatic carbocycles. The molecule has 0 amide bonds. The highest BCUT2D eigenvalue weighted by Gasteiger charge is 2.61. The average molecular weight is 309 g/mol. The number of aryl methyl sites for hydroxylation is 1. The molecule has 0 aliphatic rings. The molecule has 0 unspecified atom stereocenters. The molecule has 1 aromatic carbocycles. The summed E-state index contributed by atoms with van der Waals surface area (Å²) in [4.78, 5) is 9.98. The number of carbonyl (C=O) groups excluding carboxylic acids is 1. The molecular formula is C14H14F5O2. The number of unbranched alkanes of at least 4 members (excludes halogenated alkanes) is 3. The largest absolute Gasteiger partial charge is 0.499 e. The molecule has 21 heavy (non-hydrogen) atoms. The lowest BCUT2D eigenvalue weighted by atomic mass is 10.1. The predicted molar refractivity (Wildman–Crippen MR) is 65.9 cm³/mol. The zero-order valence-electron chi connectivity index (χ0n) is 11.1. The number of ether oxygens (including phenoxy) is 1. The molecule has 0 heterocycles. The quantitative estimate of drug-likeness (QED) is 0.524. The van der Waals surface area contributed by atoms with E-state index in [4.69, 9.17) is 0 Å². The van der Waals surface area contributed by atoms with Gasteiger partial charge in [0.05, 0.1) is 0 Å². The first-order valence-electron chi connectivity index (χ1n) is 6.34. The van der Waals surface area contributed by atoms with Crippen LogP contribution in [0.2, 0.25) is 0 Å². The van der Waals surface area contributed by atoms with Gasteiger partial charge in [0.25, 0.3) is 0 Å². The SMILES string of the molecule is O=[C]CCCCCc1ccc(OC(F)(F)C(F)(F)F)cc1. The van der Waals surface area contributed by atoms with Gasteiger partial charge in [-0.1, -0.05) is 18.6 Å². The molecule has 0 saturated heterocycles. The zero-order chi connectivity index (χ0) is 15.9. The highest BCUT2D eigenvalue weighted by atomic mass is 19.4. The summed E-state index contributed by atoms with van der Waals surface area (Å²) >= 11 is 0. The summed E-state index contributed by atoms with van der Waals surface area (Å²) in [6.45, 7) is 0. The van der Waals surface area contributed by atoms with Gasteiger partial charge in [-0.3, -0.25) is 4.79 Å². The minimum atomic E-state index is -5.75. The van der Waals surface area contributed by atoms with Crippen molar-refractivity contribution < 1.29 is 31.5 Å². The fourth-order valence-corrected chi connectivity index (χ4v) is 1.63. The Kier molecular flexibility index (Phi) is 6.11. The van der Waals surface area contributed by atoms with E-state index in [9.17, 15) is 26.7 Å². The summed E-state index contributed by atoms with van der Waals surface area (Å²) in [5, 5.41) is 0. The third-order valence-corrected chi connectivity index (χ3v) is 2.74. The molecular weight excluding hydrogens is 295 g/mol. The topological polar surface area (TPSA) is 26.3 Å². The molecule has 0 saturated carbocycles. The lowest BCUT2D eigenvalue weighted by molar-refractivity contribution is -0.360. The maximum Gasteiger partial charge on any atom is 0.499 e. The van der Waals surface area contributed by atoms with Crippen molar-refractivity contribution in [3.63, 3.8) is 0 Å². The number of hydrogen-bond donors (Lipinski definition) is 0. The summed E-state index contributed by atoms with van der Waals surface area (Å²) in [5.74, 6) is -0.545. The number of alkyl halides is 5. The molecule has 0 atom stereocenters. The Bertz CT molecular complexity index is 440. The van der Waals surface area contributed by atoms with Crippen LogP contribution in [0.4, 0.5) is 22.0 Å². The van der Waals surface area contributed by atoms with Crippen molar-refractivity contribution in [2.75, 3.05) is 0 Å². The lowest BCUT2D eigenvalue weighted by Gasteiger charge is -2.20. The molecule has 0 spiro atoms. The van der Waals surface area contributed by atoms with Crippen LogP contribution in [0.1, 0.15) is 31.2 Å². The van der Waals surface area contributed by atoms with Gasteiger partial charge in [-0.25, -0.2) is 0 Å². The van der Waals surface area contributed by atoms with Crippen LogP contribution in [-0.2, 0) is 11.2 Å². The molecule has 0 fully saturated rings. The van der Waals surface area contributed by atoms with E-state index in [1.54, 1.807) is 6.29 Å². The van der Waals surface area contributed by atoms with E-state index in [0.29, 0.717) is 12.8 Å². The minimum absolute atomic E-state index is 0.374. The number of hydrogen-bond acceptors (Lipinski definition) is 2. The maximum absolute atomic E-state index is 12.7. The zero-order valence-corrected chi connectivity index (χ0v) is 11.1. The average Bonchev–Trinajstić information content (AvgIpc) is 2.39. The Morgan fingerprint density at radius 1 is 0.952 bits per heavy atom. The minimum Gasteiger partial charge on any atom is -0.426 e. The summed E-state index contributed by atoms with van der Waals surface area (Å²) < 4.78 is 64.9. The van der Waals surface area contributed by atoms with Gasteiger partial charge in [0.1, 0.15) is 5.75 Å². The molecule has 1 rings (SSSR count). The highest BCUT2D eigenvalue weighted by Crippen LogP contribution is 2.37. The lowest BCUT2D eigenvalue weighted by Crippen LogP contribution is -2.41. The van der Waals surface area contributed by atoms with Gasteiger partial charge in [0, 0.05) is 6.42 Å². The molecule has 0 bridgehead atoms. The molecule has 1 radical (unpaired) electrons. The van der Waals surface area contributed by atoms with Gasteiger partial charge in [0.2, 0.25) is 0 Å². The summed E-state index contributed by atoms with van der Waals surface area (Å²) in [7, 11) is 0. The van der Waals surface area contributed by atoms with Crippen molar-refractivity contribution >= 4 is 6.29 Å².